The summed E-state index contributed by atoms with van der Waals surface area (Å²) in [4.78, 5) is 12.8. The van der Waals surface area contributed by atoms with Gasteiger partial charge in [0.25, 0.3) is 0 Å². The van der Waals surface area contributed by atoms with Gasteiger partial charge in [-0.2, -0.15) is 5.10 Å². The molecule has 0 aliphatic carbocycles. The van der Waals surface area contributed by atoms with Crippen LogP contribution in [0.5, 0.6) is 0 Å². The second kappa shape index (κ2) is 9.91. The number of aromatic nitrogens is 2. The van der Waals surface area contributed by atoms with Crippen LogP contribution in [-0.2, 0) is 18.4 Å². The SMILES string of the molecule is Cn1cc(CNC(CCSc2ccccc2)C(=O)O)c(-c2ccccc2Br)n1. The minimum atomic E-state index is -0.833. The monoisotopic (exact) mass is 459 g/mol. The average Bonchev–Trinajstić information content (AvgIpc) is 3.05. The van der Waals surface area contributed by atoms with Crippen LogP contribution in [0.3, 0.4) is 0 Å². The van der Waals surface area contributed by atoms with Crippen molar-refractivity contribution in [3.8, 4) is 11.3 Å². The third kappa shape index (κ3) is 5.47. The molecule has 0 aliphatic heterocycles. The van der Waals surface area contributed by atoms with E-state index < -0.39 is 12.0 Å². The van der Waals surface area contributed by atoms with Gasteiger partial charge >= 0.3 is 5.97 Å². The Hall–Kier alpha value is -2.09. The van der Waals surface area contributed by atoms with Crippen molar-refractivity contribution in [3.63, 3.8) is 0 Å². The van der Waals surface area contributed by atoms with Crippen molar-refractivity contribution in [1.82, 2.24) is 15.1 Å². The number of carboxylic acids is 1. The number of carbonyl (C=O) groups is 1. The van der Waals surface area contributed by atoms with Gasteiger partial charge in [-0.1, -0.05) is 52.3 Å². The highest BCUT2D eigenvalue weighted by Gasteiger charge is 2.19. The molecule has 0 saturated heterocycles. The maximum atomic E-state index is 11.7. The first-order valence-corrected chi connectivity index (χ1v) is 10.7. The van der Waals surface area contributed by atoms with E-state index in [-0.39, 0.29) is 0 Å². The van der Waals surface area contributed by atoms with E-state index in [2.05, 4.69) is 26.3 Å². The zero-order valence-corrected chi connectivity index (χ0v) is 17.9. The molecule has 0 radical (unpaired) electrons. The van der Waals surface area contributed by atoms with E-state index in [9.17, 15) is 9.90 Å². The number of halogens is 1. The molecule has 7 heteroatoms. The lowest BCUT2D eigenvalue weighted by atomic mass is 10.1. The van der Waals surface area contributed by atoms with E-state index in [4.69, 9.17) is 0 Å². The average molecular weight is 460 g/mol. The summed E-state index contributed by atoms with van der Waals surface area (Å²) < 4.78 is 2.72. The maximum Gasteiger partial charge on any atom is 0.320 e. The molecule has 2 aromatic carbocycles. The summed E-state index contributed by atoms with van der Waals surface area (Å²) in [5, 5.41) is 17.3. The van der Waals surface area contributed by atoms with E-state index in [1.165, 1.54) is 0 Å². The molecule has 2 N–H and O–H groups in total. The Labute approximate surface area is 177 Å². The first-order chi connectivity index (χ1) is 13.5. The number of rotatable bonds is 9. The minimum Gasteiger partial charge on any atom is -0.480 e. The second-order valence-electron chi connectivity index (χ2n) is 6.38. The lowest BCUT2D eigenvalue weighted by Crippen LogP contribution is -2.36. The predicted octanol–water partition coefficient (Wildman–Crippen LogP) is 4.57. The molecule has 3 rings (SSSR count). The maximum absolute atomic E-state index is 11.7. The van der Waals surface area contributed by atoms with Crippen LogP contribution >= 0.6 is 27.7 Å². The zero-order chi connectivity index (χ0) is 19.9. The first-order valence-electron chi connectivity index (χ1n) is 8.96. The van der Waals surface area contributed by atoms with Gasteiger partial charge in [-0.25, -0.2) is 0 Å². The lowest BCUT2D eigenvalue weighted by Gasteiger charge is -2.14. The number of nitrogens with zero attached hydrogens (tertiary/aromatic N) is 2. The smallest absolute Gasteiger partial charge is 0.320 e. The molecule has 1 heterocycles. The molecule has 0 spiro atoms. The molecule has 0 aliphatic rings. The fourth-order valence-corrected chi connectivity index (χ4v) is 4.32. The molecule has 0 fully saturated rings. The van der Waals surface area contributed by atoms with Crippen molar-refractivity contribution in [1.29, 1.82) is 0 Å². The summed E-state index contributed by atoms with van der Waals surface area (Å²) in [5.41, 5.74) is 2.81. The largest absolute Gasteiger partial charge is 0.480 e. The van der Waals surface area contributed by atoms with Gasteiger partial charge in [0.2, 0.25) is 0 Å². The number of aliphatic carboxylic acids is 1. The molecule has 1 aromatic heterocycles. The zero-order valence-electron chi connectivity index (χ0n) is 15.5. The first kappa shape index (κ1) is 20.6. The summed E-state index contributed by atoms with van der Waals surface area (Å²) in [6.45, 7) is 0.442. The van der Waals surface area contributed by atoms with Crippen LogP contribution in [-0.4, -0.2) is 32.7 Å². The van der Waals surface area contributed by atoms with Crippen LogP contribution in [0.2, 0.25) is 0 Å². The van der Waals surface area contributed by atoms with Crippen molar-refractivity contribution >= 4 is 33.7 Å². The van der Waals surface area contributed by atoms with Gasteiger partial charge in [-0.3, -0.25) is 9.48 Å². The third-order valence-electron chi connectivity index (χ3n) is 4.29. The van der Waals surface area contributed by atoms with Gasteiger partial charge < -0.3 is 10.4 Å². The molecule has 0 bridgehead atoms. The standard InChI is InChI=1S/C21H22BrN3O2S/c1-25-14-15(20(24-25)17-9-5-6-10-18(17)22)13-23-19(21(26)27)11-12-28-16-7-3-2-4-8-16/h2-10,14,19,23H,11-13H2,1H3,(H,26,27). The van der Waals surface area contributed by atoms with E-state index >= 15 is 0 Å². The van der Waals surface area contributed by atoms with E-state index in [0.29, 0.717) is 13.0 Å². The van der Waals surface area contributed by atoms with Crippen LogP contribution in [0, 0.1) is 0 Å². The van der Waals surface area contributed by atoms with Gasteiger partial charge in [0.1, 0.15) is 6.04 Å². The molecule has 146 valence electrons. The van der Waals surface area contributed by atoms with E-state index in [1.54, 1.807) is 16.4 Å². The Morgan fingerprint density at radius 2 is 1.93 bits per heavy atom. The quantitative estimate of drug-likeness (QED) is 0.458. The molecule has 1 unspecified atom stereocenters. The molecule has 28 heavy (non-hydrogen) atoms. The lowest BCUT2D eigenvalue weighted by molar-refractivity contribution is -0.139. The van der Waals surface area contributed by atoms with Gasteiger partial charge in [0, 0.05) is 46.0 Å². The van der Waals surface area contributed by atoms with Crippen molar-refractivity contribution in [2.24, 2.45) is 7.05 Å². The van der Waals surface area contributed by atoms with Crippen LogP contribution in [0.4, 0.5) is 0 Å². The molecule has 5 nitrogen and oxygen atoms in total. The van der Waals surface area contributed by atoms with E-state index in [0.717, 1.165) is 31.9 Å². The van der Waals surface area contributed by atoms with Gasteiger partial charge in [0.15, 0.2) is 0 Å². The Kier molecular flexibility index (Phi) is 7.30. The van der Waals surface area contributed by atoms with Crippen LogP contribution in [0.25, 0.3) is 11.3 Å². The Balaban J connectivity index is 1.64. The minimum absolute atomic E-state index is 0.442. The van der Waals surface area contributed by atoms with E-state index in [1.807, 2.05) is 67.8 Å². The van der Waals surface area contributed by atoms with Gasteiger partial charge in [-0.05, 0) is 24.6 Å². The number of aryl methyl sites for hydroxylation is 1. The van der Waals surface area contributed by atoms with Gasteiger partial charge in [-0.15, -0.1) is 11.8 Å². The van der Waals surface area contributed by atoms with Crippen LogP contribution < -0.4 is 5.32 Å². The molecule has 0 saturated carbocycles. The molecule has 3 aromatic rings. The Bertz CT molecular complexity index is 930. The predicted molar refractivity (Wildman–Crippen MR) is 116 cm³/mol. The normalized spacial score (nSPS) is 12.1. The summed E-state index contributed by atoms with van der Waals surface area (Å²) in [6.07, 6.45) is 2.47. The van der Waals surface area contributed by atoms with Crippen LogP contribution in [0.1, 0.15) is 12.0 Å². The van der Waals surface area contributed by atoms with Crippen molar-refractivity contribution in [2.45, 2.75) is 23.9 Å². The summed E-state index contributed by atoms with van der Waals surface area (Å²) in [7, 11) is 1.87. The molecular formula is C21H22BrN3O2S. The fourth-order valence-electron chi connectivity index (χ4n) is 2.90. The highest BCUT2D eigenvalue weighted by molar-refractivity contribution is 9.10. The highest BCUT2D eigenvalue weighted by Crippen LogP contribution is 2.29. The Morgan fingerprint density at radius 3 is 2.64 bits per heavy atom. The number of hydrogen-bond donors (Lipinski definition) is 2. The number of nitrogens with one attached hydrogen (secondary N) is 1. The molecule has 1 atom stereocenters. The van der Waals surface area contributed by atoms with Crippen molar-refractivity contribution < 1.29 is 9.90 Å². The molecule has 0 amide bonds. The molecular weight excluding hydrogens is 438 g/mol. The summed E-state index contributed by atoms with van der Waals surface area (Å²) >= 11 is 5.24. The highest BCUT2D eigenvalue weighted by atomic mass is 79.9. The third-order valence-corrected chi connectivity index (χ3v) is 6.03. The number of hydrogen-bond acceptors (Lipinski definition) is 4. The number of benzene rings is 2. The fraction of sp³-hybridized carbons (Fsp3) is 0.238. The summed E-state index contributed by atoms with van der Waals surface area (Å²) in [5.74, 6) is -0.0991. The van der Waals surface area contributed by atoms with Crippen molar-refractivity contribution in [3.05, 3.63) is 70.8 Å². The topological polar surface area (TPSA) is 67.2 Å². The van der Waals surface area contributed by atoms with Gasteiger partial charge in [0.05, 0.1) is 5.69 Å². The van der Waals surface area contributed by atoms with Crippen molar-refractivity contribution in [2.75, 3.05) is 5.75 Å². The van der Waals surface area contributed by atoms with Crippen LogP contribution in [0.15, 0.2) is 70.2 Å². The Morgan fingerprint density at radius 1 is 1.21 bits per heavy atom. The number of thioether (sulfide) groups is 1. The number of carboxylic acid groups (broad SMARTS) is 1. The second-order valence-corrected chi connectivity index (χ2v) is 8.40. The summed E-state index contributed by atoms with van der Waals surface area (Å²) in [6, 6.07) is 17.3.